The predicted octanol–water partition coefficient (Wildman–Crippen LogP) is 4.43. The van der Waals surface area contributed by atoms with Crippen molar-refractivity contribution in [3.05, 3.63) is 33.8 Å². The zero-order chi connectivity index (χ0) is 18.9. The van der Waals surface area contributed by atoms with Crippen LogP contribution in [0.25, 0.3) is 11.3 Å². The summed E-state index contributed by atoms with van der Waals surface area (Å²) in [6.07, 6.45) is 5.15. The lowest BCUT2D eigenvalue weighted by molar-refractivity contribution is 0.0184. The fourth-order valence-corrected chi connectivity index (χ4v) is 3.83. The molecule has 1 amide bonds. The highest BCUT2D eigenvalue weighted by Gasteiger charge is 2.29. The van der Waals surface area contributed by atoms with E-state index in [-0.39, 0.29) is 6.09 Å². The summed E-state index contributed by atoms with van der Waals surface area (Å²) in [5, 5.41) is 4.87. The molecule has 0 spiro atoms. The molecule has 3 heterocycles. The van der Waals surface area contributed by atoms with Crippen LogP contribution in [0.15, 0.2) is 24.5 Å². The van der Waals surface area contributed by atoms with Crippen molar-refractivity contribution < 1.29 is 9.53 Å². The molecule has 1 aliphatic heterocycles. The lowest BCUT2D eigenvalue weighted by Crippen LogP contribution is -2.42. The summed E-state index contributed by atoms with van der Waals surface area (Å²) in [7, 11) is 0. The zero-order valence-corrected chi connectivity index (χ0v) is 17.9. The van der Waals surface area contributed by atoms with Crippen LogP contribution in [0, 0.1) is 10.5 Å². The second-order valence-electron chi connectivity index (χ2n) is 7.63. The van der Waals surface area contributed by atoms with E-state index in [9.17, 15) is 4.79 Å². The Morgan fingerprint density at radius 1 is 1.31 bits per heavy atom. The number of ether oxygens (including phenoxy) is 1. The summed E-state index contributed by atoms with van der Waals surface area (Å²) in [5.74, 6) is 0. The summed E-state index contributed by atoms with van der Waals surface area (Å²) < 4.78 is 8.76. The van der Waals surface area contributed by atoms with Crippen molar-refractivity contribution >= 4 is 28.7 Å². The van der Waals surface area contributed by atoms with E-state index in [0.717, 1.165) is 27.7 Å². The van der Waals surface area contributed by atoms with E-state index in [1.165, 1.54) is 5.69 Å². The van der Waals surface area contributed by atoms with Crippen LogP contribution in [-0.2, 0) is 4.74 Å². The number of likely N-dealkylation sites (tertiary alicyclic amines) is 1. The minimum absolute atomic E-state index is 0.223. The van der Waals surface area contributed by atoms with Gasteiger partial charge in [0.05, 0.1) is 9.61 Å². The van der Waals surface area contributed by atoms with Gasteiger partial charge in [0.2, 0.25) is 0 Å². The first-order valence-electron chi connectivity index (χ1n) is 8.89. The Morgan fingerprint density at radius 3 is 2.58 bits per heavy atom. The van der Waals surface area contributed by atoms with Gasteiger partial charge in [-0.05, 0) is 75.3 Å². The third-order valence-corrected chi connectivity index (χ3v) is 5.77. The average molecular weight is 468 g/mol. The molecule has 0 N–H and O–H groups in total. The van der Waals surface area contributed by atoms with Gasteiger partial charge in [0.25, 0.3) is 0 Å². The molecule has 26 heavy (non-hydrogen) atoms. The molecule has 0 atom stereocenters. The minimum Gasteiger partial charge on any atom is -0.444 e. The molecule has 1 saturated heterocycles. The van der Waals surface area contributed by atoms with Crippen molar-refractivity contribution in [3.8, 4) is 11.3 Å². The molecule has 0 aliphatic carbocycles. The van der Waals surface area contributed by atoms with Crippen LogP contribution >= 0.6 is 22.6 Å². The fraction of sp³-hybridized carbons (Fsp3) is 0.526. The fourth-order valence-electron chi connectivity index (χ4n) is 3.16. The van der Waals surface area contributed by atoms with Gasteiger partial charge in [-0.25, -0.2) is 4.79 Å². The summed E-state index contributed by atoms with van der Waals surface area (Å²) in [6.45, 7) is 9.18. The van der Waals surface area contributed by atoms with Gasteiger partial charge >= 0.3 is 6.09 Å². The number of hydrogen-bond acceptors (Lipinski definition) is 4. The second kappa shape index (κ2) is 7.54. The number of aromatic nitrogens is 3. The maximum atomic E-state index is 12.2. The summed E-state index contributed by atoms with van der Waals surface area (Å²) in [5.41, 5.74) is 2.72. The van der Waals surface area contributed by atoms with Crippen LogP contribution < -0.4 is 0 Å². The number of halogens is 1. The van der Waals surface area contributed by atoms with Gasteiger partial charge in [-0.2, -0.15) is 5.10 Å². The van der Waals surface area contributed by atoms with Crippen LogP contribution in [0.2, 0.25) is 0 Å². The standard InChI is InChI=1S/C19H25IN4O2/c1-13-16(20)17(14-6-5-9-21-12-14)22-24(13)15-7-10-23(11-8-15)18(25)26-19(2,3)4/h5-6,9,12,15H,7-8,10-11H2,1-4H3. The molecular weight excluding hydrogens is 443 g/mol. The smallest absolute Gasteiger partial charge is 0.410 e. The molecular formula is C19H25IN4O2. The van der Waals surface area contributed by atoms with Crippen LogP contribution in [0.4, 0.5) is 4.79 Å². The molecule has 3 rings (SSSR count). The van der Waals surface area contributed by atoms with E-state index in [2.05, 4.69) is 39.2 Å². The Morgan fingerprint density at radius 2 is 2.00 bits per heavy atom. The van der Waals surface area contributed by atoms with Crippen molar-refractivity contribution in [2.45, 2.75) is 52.2 Å². The number of rotatable bonds is 2. The molecule has 0 radical (unpaired) electrons. The highest BCUT2D eigenvalue weighted by molar-refractivity contribution is 14.1. The zero-order valence-electron chi connectivity index (χ0n) is 15.7. The molecule has 2 aromatic heterocycles. The maximum absolute atomic E-state index is 12.2. The first-order chi connectivity index (χ1) is 12.3. The van der Waals surface area contributed by atoms with Crippen LogP contribution in [0.5, 0.6) is 0 Å². The number of amides is 1. The van der Waals surface area contributed by atoms with Gasteiger partial charge in [0.1, 0.15) is 11.3 Å². The number of nitrogens with zero attached hydrogens (tertiary/aromatic N) is 4. The molecule has 1 aliphatic rings. The van der Waals surface area contributed by atoms with E-state index in [4.69, 9.17) is 9.84 Å². The molecule has 1 fully saturated rings. The van der Waals surface area contributed by atoms with E-state index in [1.807, 2.05) is 39.1 Å². The summed E-state index contributed by atoms with van der Waals surface area (Å²) >= 11 is 2.36. The molecule has 2 aromatic rings. The Hall–Kier alpha value is -1.64. The Kier molecular flexibility index (Phi) is 5.55. The van der Waals surface area contributed by atoms with E-state index in [0.29, 0.717) is 19.1 Å². The number of hydrogen-bond donors (Lipinski definition) is 0. The first-order valence-corrected chi connectivity index (χ1v) is 9.97. The molecule has 0 bridgehead atoms. The lowest BCUT2D eigenvalue weighted by atomic mass is 10.1. The SMILES string of the molecule is Cc1c(I)c(-c2cccnc2)nn1C1CCN(C(=O)OC(C)(C)C)CC1. The van der Waals surface area contributed by atoms with Crippen molar-refractivity contribution in [3.63, 3.8) is 0 Å². The molecule has 0 unspecified atom stereocenters. The third kappa shape index (κ3) is 4.19. The van der Waals surface area contributed by atoms with Crippen molar-refractivity contribution in [2.75, 3.05) is 13.1 Å². The third-order valence-electron chi connectivity index (χ3n) is 4.47. The van der Waals surface area contributed by atoms with Gasteiger partial charge < -0.3 is 9.64 Å². The number of piperidine rings is 1. The Bertz CT molecular complexity index is 775. The Labute approximate surface area is 168 Å². The lowest BCUT2D eigenvalue weighted by Gasteiger charge is -2.33. The summed E-state index contributed by atoms with van der Waals surface area (Å²) in [4.78, 5) is 18.2. The van der Waals surface area contributed by atoms with E-state index >= 15 is 0 Å². The Balaban J connectivity index is 1.71. The maximum Gasteiger partial charge on any atom is 0.410 e. The molecule has 0 aromatic carbocycles. The van der Waals surface area contributed by atoms with Crippen LogP contribution in [0.3, 0.4) is 0 Å². The molecule has 6 nitrogen and oxygen atoms in total. The number of carbonyl (C=O) groups excluding carboxylic acids is 1. The highest BCUT2D eigenvalue weighted by atomic mass is 127. The van der Waals surface area contributed by atoms with Crippen LogP contribution in [-0.4, -0.2) is 44.4 Å². The highest BCUT2D eigenvalue weighted by Crippen LogP contribution is 2.31. The largest absolute Gasteiger partial charge is 0.444 e. The van der Waals surface area contributed by atoms with Crippen molar-refractivity contribution in [1.29, 1.82) is 0 Å². The first kappa shape index (κ1) is 19.1. The normalized spacial score (nSPS) is 16.0. The van der Waals surface area contributed by atoms with Crippen molar-refractivity contribution in [1.82, 2.24) is 19.7 Å². The topological polar surface area (TPSA) is 60.2 Å². The van der Waals surface area contributed by atoms with E-state index < -0.39 is 5.60 Å². The quantitative estimate of drug-likeness (QED) is 0.612. The van der Waals surface area contributed by atoms with Crippen LogP contribution in [0.1, 0.15) is 45.3 Å². The molecule has 0 saturated carbocycles. The van der Waals surface area contributed by atoms with E-state index in [1.54, 1.807) is 11.1 Å². The van der Waals surface area contributed by atoms with Gasteiger partial charge in [0, 0.05) is 36.7 Å². The van der Waals surface area contributed by atoms with Gasteiger partial charge in [-0.1, -0.05) is 0 Å². The minimum atomic E-state index is -0.457. The summed E-state index contributed by atoms with van der Waals surface area (Å²) in [6, 6.07) is 4.26. The van der Waals surface area contributed by atoms with Gasteiger partial charge in [-0.3, -0.25) is 9.67 Å². The van der Waals surface area contributed by atoms with Gasteiger partial charge in [-0.15, -0.1) is 0 Å². The molecule has 140 valence electrons. The molecule has 7 heteroatoms. The monoisotopic (exact) mass is 468 g/mol. The second-order valence-corrected chi connectivity index (χ2v) is 8.71. The van der Waals surface area contributed by atoms with Gasteiger partial charge in [0.15, 0.2) is 0 Å². The average Bonchev–Trinajstić information content (AvgIpc) is 2.90. The van der Waals surface area contributed by atoms with Crippen molar-refractivity contribution in [2.24, 2.45) is 0 Å². The predicted molar refractivity (Wildman–Crippen MR) is 109 cm³/mol. The number of pyridine rings is 1. The number of carbonyl (C=O) groups is 1.